The maximum absolute atomic E-state index is 5.35. The Balaban J connectivity index is 1.85. The number of fused-ring (bicyclic) bond motifs is 1. The van der Waals surface area contributed by atoms with Gasteiger partial charge >= 0.3 is 0 Å². The molecule has 0 bridgehead atoms. The molecule has 0 unspecified atom stereocenters. The van der Waals surface area contributed by atoms with Crippen LogP contribution in [0.2, 0.25) is 0 Å². The third kappa shape index (κ3) is 2.71. The van der Waals surface area contributed by atoms with Gasteiger partial charge in [-0.05, 0) is 56.0 Å². The number of ether oxygens (including phenoxy) is 1. The van der Waals surface area contributed by atoms with Crippen molar-refractivity contribution in [1.82, 2.24) is 10.3 Å². The van der Waals surface area contributed by atoms with Gasteiger partial charge in [-0.15, -0.1) is 0 Å². The zero-order valence-electron chi connectivity index (χ0n) is 11.4. The summed E-state index contributed by atoms with van der Waals surface area (Å²) < 4.78 is 5.35. The van der Waals surface area contributed by atoms with Gasteiger partial charge in [-0.25, -0.2) is 0 Å². The van der Waals surface area contributed by atoms with Crippen LogP contribution in [0.3, 0.4) is 0 Å². The van der Waals surface area contributed by atoms with Gasteiger partial charge in [0.05, 0.1) is 7.11 Å². The normalized spacial score (nSPS) is 16.7. The molecule has 3 nitrogen and oxygen atoms in total. The fourth-order valence-corrected chi connectivity index (χ4v) is 2.87. The summed E-state index contributed by atoms with van der Waals surface area (Å²) in [6, 6.07) is 8.35. The predicted molar refractivity (Wildman–Crippen MR) is 77.6 cm³/mol. The number of methoxy groups -OCH3 is 1. The van der Waals surface area contributed by atoms with Gasteiger partial charge in [-0.3, -0.25) is 4.98 Å². The Bertz CT molecular complexity index is 562. The van der Waals surface area contributed by atoms with Crippen LogP contribution in [0.1, 0.15) is 18.4 Å². The summed E-state index contributed by atoms with van der Waals surface area (Å²) in [5, 5.41) is 4.59. The molecular weight excluding hydrogens is 236 g/mol. The molecule has 0 spiro atoms. The molecule has 1 aromatic heterocycles. The van der Waals surface area contributed by atoms with Gasteiger partial charge in [0, 0.05) is 11.6 Å². The molecule has 1 aliphatic heterocycles. The van der Waals surface area contributed by atoms with Crippen LogP contribution < -0.4 is 10.1 Å². The van der Waals surface area contributed by atoms with E-state index in [1.807, 2.05) is 18.3 Å². The zero-order valence-corrected chi connectivity index (χ0v) is 11.4. The van der Waals surface area contributed by atoms with Crippen LogP contribution in [0, 0.1) is 5.92 Å². The van der Waals surface area contributed by atoms with Crippen LogP contribution in [0.5, 0.6) is 5.75 Å². The standard InChI is InChI=1S/C16H20N2O/c1-19-15-4-2-3-14-10-13(11-18-16(14)15)9-12-5-7-17-8-6-12/h2-4,10-12,17H,5-9H2,1H3. The van der Waals surface area contributed by atoms with E-state index in [-0.39, 0.29) is 0 Å². The van der Waals surface area contributed by atoms with E-state index in [0.29, 0.717) is 0 Å². The van der Waals surface area contributed by atoms with E-state index in [1.54, 1.807) is 7.11 Å². The first-order valence-electron chi connectivity index (χ1n) is 6.99. The average Bonchev–Trinajstić information content (AvgIpc) is 2.47. The highest BCUT2D eigenvalue weighted by atomic mass is 16.5. The topological polar surface area (TPSA) is 34.1 Å². The van der Waals surface area contributed by atoms with E-state index in [1.165, 1.54) is 23.8 Å². The number of nitrogens with one attached hydrogen (secondary N) is 1. The Kier molecular flexibility index (Phi) is 3.65. The van der Waals surface area contributed by atoms with Crippen molar-refractivity contribution in [2.45, 2.75) is 19.3 Å². The molecule has 0 saturated carbocycles. The minimum Gasteiger partial charge on any atom is -0.494 e. The van der Waals surface area contributed by atoms with Crippen molar-refractivity contribution in [2.24, 2.45) is 5.92 Å². The van der Waals surface area contributed by atoms with Crippen LogP contribution in [0.15, 0.2) is 30.5 Å². The van der Waals surface area contributed by atoms with Gasteiger partial charge in [0.25, 0.3) is 0 Å². The van der Waals surface area contributed by atoms with Gasteiger partial charge in [-0.1, -0.05) is 12.1 Å². The highest BCUT2D eigenvalue weighted by molar-refractivity contribution is 5.84. The molecule has 1 aliphatic rings. The van der Waals surface area contributed by atoms with E-state index >= 15 is 0 Å². The highest BCUT2D eigenvalue weighted by Crippen LogP contribution is 2.25. The summed E-state index contributed by atoms with van der Waals surface area (Å²) in [5.41, 5.74) is 2.30. The fourth-order valence-electron chi connectivity index (χ4n) is 2.87. The molecule has 2 aromatic rings. The summed E-state index contributed by atoms with van der Waals surface area (Å²) in [6.45, 7) is 2.30. The van der Waals surface area contributed by atoms with E-state index in [0.717, 1.165) is 36.7 Å². The molecule has 100 valence electrons. The number of piperidine rings is 1. The molecule has 1 aromatic carbocycles. The Morgan fingerprint density at radius 3 is 2.95 bits per heavy atom. The lowest BCUT2D eigenvalue weighted by molar-refractivity contribution is 0.372. The van der Waals surface area contributed by atoms with E-state index in [9.17, 15) is 0 Å². The molecule has 0 atom stereocenters. The maximum atomic E-state index is 5.35. The summed E-state index contributed by atoms with van der Waals surface area (Å²) in [5.74, 6) is 1.65. The largest absolute Gasteiger partial charge is 0.494 e. The number of para-hydroxylation sites is 1. The van der Waals surface area contributed by atoms with Crippen molar-refractivity contribution in [1.29, 1.82) is 0 Å². The van der Waals surface area contributed by atoms with Gasteiger partial charge < -0.3 is 10.1 Å². The first-order chi connectivity index (χ1) is 9.36. The van der Waals surface area contributed by atoms with Crippen molar-refractivity contribution in [3.05, 3.63) is 36.0 Å². The Morgan fingerprint density at radius 2 is 2.16 bits per heavy atom. The van der Waals surface area contributed by atoms with Crippen LogP contribution >= 0.6 is 0 Å². The lowest BCUT2D eigenvalue weighted by atomic mass is 9.91. The second kappa shape index (κ2) is 5.57. The van der Waals surface area contributed by atoms with Crippen molar-refractivity contribution >= 4 is 10.9 Å². The molecule has 2 heterocycles. The van der Waals surface area contributed by atoms with Crippen LogP contribution in [0.4, 0.5) is 0 Å². The lowest BCUT2D eigenvalue weighted by Gasteiger charge is -2.22. The molecule has 0 aliphatic carbocycles. The minimum atomic E-state index is 0.797. The van der Waals surface area contributed by atoms with Crippen molar-refractivity contribution in [2.75, 3.05) is 20.2 Å². The fraction of sp³-hybridized carbons (Fsp3) is 0.438. The van der Waals surface area contributed by atoms with Crippen LogP contribution in [-0.4, -0.2) is 25.2 Å². The first-order valence-corrected chi connectivity index (χ1v) is 6.99. The highest BCUT2D eigenvalue weighted by Gasteiger charge is 2.14. The smallest absolute Gasteiger partial charge is 0.145 e. The van der Waals surface area contributed by atoms with Gasteiger partial charge in [0.2, 0.25) is 0 Å². The first kappa shape index (κ1) is 12.4. The molecule has 1 saturated heterocycles. The lowest BCUT2D eigenvalue weighted by Crippen LogP contribution is -2.28. The molecule has 1 fully saturated rings. The monoisotopic (exact) mass is 256 g/mol. The Labute approximate surface area is 114 Å². The summed E-state index contributed by atoms with van der Waals surface area (Å²) in [6.07, 6.45) is 5.70. The molecule has 0 amide bonds. The summed E-state index contributed by atoms with van der Waals surface area (Å²) in [4.78, 5) is 4.58. The maximum Gasteiger partial charge on any atom is 0.145 e. The average molecular weight is 256 g/mol. The Morgan fingerprint density at radius 1 is 1.32 bits per heavy atom. The molecule has 19 heavy (non-hydrogen) atoms. The number of nitrogens with zero attached hydrogens (tertiary/aromatic N) is 1. The van der Waals surface area contributed by atoms with Gasteiger partial charge in [0.1, 0.15) is 11.3 Å². The third-order valence-electron chi connectivity index (χ3n) is 3.93. The van der Waals surface area contributed by atoms with Crippen molar-refractivity contribution < 1.29 is 4.74 Å². The minimum absolute atomic E-state index is 0.797. The SMILES string of the molecule is COc1cccc2cc(CC3CCNCC3)cnc12. The second-order valence-electron chi connectivity index (χ2n) is 5.27. The number of rotatable bonds is 3. The molecule has 0 radical (unpaired) electrons. The molecule has 1 N–H and O–H groups in total. The quantitative estimate of drug-likeness (QED) is 0.917. The number of hydrogen-bond donors (Lipinski definition) is 1. The van der Waals surface area contributed by atoms with Crippen LogP contribution in [0.25, 0.3) is 10.9 Å². The summed E-state index contributed by atoms with van der Waals surface area (Å²) >= 11 is 0. The number of benzene rings is 1. The summed E-state index contributed by atoms with van der Waals surface area (Å²) in [7, 11) is 1.69. The van der Waals surface area contributed by atoms with Gasteiger partial charge in [0.15, 0.2) is 0 Å². The van der Waals surface area contributed by atoms with E-state index in [4.69, 9.17) is 4.74 Å². The predicted octanol–water partition coefficient (Wildman–Crippen LogP) is 2.79. The third-order valence-corrected chi connectivity index (χ3v) is 3.93. The number of pyridine rings is 1. The number of aromatic nitrogens is 1. The van der Waals surface area contributed by atoms with Gasteiger partial charge in [-0.2, -0.15) is 0 Å². The van der Waals surface area contributed by atoms with Crippen LogP contribution in [-0.2, 0) is 6.42 Å². The molecule has 3 heteroatoms. The molecular formula is C16H20N2O. The van der Waals surface area contributed by atoms with Crippen molar-refractivity contribution in [3.8, 4) is 5.75 Å². The molecule has 3 rings (SSSR count). The van der Waals surface area contributed by atoms with Crippen molar-refractivity contribution in [3.63, 3.8) is 0 Å². The zero-order chi connectivity index (χ0) is 13.1. The number of hydrogen-bond acceptors (Lipinski definition) is 3. The Hall–Kier alpha value is -1.61. The van der Waals surface area contributed by atoms with E-state index < -0.39 is 0 Å². The van der Waals surface area contributed by atoms with E-state index in [2.05, 4.69) is 22.4 Å². The second-order valence-corrected chi connectivity index (χ2v) is 5.27.